The van der Waals surface area contributed by atoms with E-state index in [-0.39, 0.29) is 0 Å². The normalized spacial score (nSPS) is 17.4. The molecule has 1 nitrogen and oxygen atoms in total. The molecule has 1 aliphatic heterocycles. The molecular weight excluding hydrogens is 226 g/mol. The molecule has 96 valence electrons. The maximum Gasteiger partial charge on any atom is 0.0414 e. The van der Waals surface area contributed by atoms with Gasteiger partial charge in [-0.05, 0) is 49.9 Å². The maximum atomic E-state index is 4.33. The number of nitrogens with zero attached hydrogens (tertiary/aromatic N) is 1. The lowest BCUT2D eigenvalue weighted by atomic mass is 9.87. The smallest absolute Gasteiger partial charge is 0.0414 e. The first kappa shape index (κ1) is 14.6. The van der Waals surface area contributed by atoms with Crippen LogP contribution in [-0.4, -0.2) is 23.9 Å². The van der Waals surface area contributed by atoms with Gasteiger partial charge in [-0.1, -0.05) is 38.1 Å². The largest absolute Gasteiger partial charge is 0.294 e. The van der Waals surface area contributed by atoms with Gasteiger partial charge in [0.15, 0.2) is 0 Å². The van der Waals surface area contributed by atoms with E-state index in [1.165, 1.54) is 31.5 Å². The van der Waals surface area contributed by atoms with Crippen LogP contribution in [0, 0.1) is 6.92 Å². The number of piperidine rings is 1. The molecule has 2 heteroatoms. The van der Waals surface area contributed by atoms with E-state index in [1.54, 1.807) is 5.56 Å². The van der Waals surface area contributed by atoms with Crippen molar-refractivity contribution >= 4 is 12.6 Å². The molecule has 17 heavy (non-hydrogen) atoms. The van der Waals surface area contributed by atoms with Gasteiger partial charge in [-0.3, -0.25) is 4.90 Å². The fraction of sp³-hybridized carbons (Fsp3) is 0.600. The molecule has 1 aromatic carbocycles. The highest BCUT2D eigenvalue weighted by molar-refractivity contribution is 7.80. The lowest BCUT2D eigenvalue weighted by molar-refractivity contribution is 0.246. The van der Waals surface area contributed by atoms with Crippen molar-refractivity contribution in [3.63, 3.8) is 0 Å². The van der Waals surface area contributed by atoms with Crippen molar-refractivity contribution < 1.29 is 0 Å². The van der Waals surface area contributed by atoms with E-state index in [1.807, 2.05) is 13.8 Å². The number of likely N-dealkylation sites (tertiary alicyclic amines) is 1. The molecule has 0 unspecified atom stereocenters. The minimum atomic E-state index is 0.766. The Kier molecular flexibility index (Phi) is 6.68. The number of hydrogen-bond acceptors (Lipinski definition) is 2. The van der Waals surface area contributed by atoms with Crippen molar-refractivity contribution in [2.45, 2.75) is 39.5 Å². The number of aryl methyl sites for hydroxylation is 1. The number of thiol groups is 1. The quantitative estimate of drug-likeness (QED) is 0.775. The summed E-state index contributed by atoms with van der Waals surface area (Å²) in [4.78, 5) is 2.41. The van der Waals surface area contributed by atoms with Crippen LogP contribution in [-0.2, 0) is 0 Å². The Morgan fingerprint density at radius 2 is 1.76 bits per heavy atom. The van der Waals surface area contributed by atoms with Crippen LogP contribution in [0.3, 0.4) is 0 Å². The van der Waals surface area contributed by atoms with Crippen molar-refractivity contribution in [2.75, 3.05) is 19.0 Å². The molecule has 1 aromatic rings. The first-order chi connectivity index (χ1) is 8.31. The molecule has 0 amide bonds. The summed E-state index contributed by atoms with van der Waals surface area (Å²) in [6.45, 7) is 8.62. The average molecular weight is 251 g/mol. The summed E-state index contributed by atoms with van der Waals surface area (Å²) in [5, 5.41) is 0. The van der Waals surface area contributed by atoms with E-state index in [9.17, 15) is 0 Å². The van der Waals surface area contributed by atoms with Crippen molar-refractivity contribution in [3.05, 3.63) is 35.4 Å². The van der Waals surface area contributed by atoms with Gasteiger partial charge in [0.25, 0.3) is 0 Å². The highest BCUT2D eigenvalue weighted by Crippen LogP contribution is 2.29. The Morgan fingerprint density at radius 3 is 2.29 bits per heavy atom. The van der Waals surface area contributed by atoms with Gasteiger partial charge in [0.1, 0.15) is 0 Å². The number of benzene rings is 1. The van der Waals surface area contributed by atoms with Crippen LogP contribution in [0.4, 0.5) is 0 Å². The molecule has 0 saturated carbocycles. The van der Waals surface area contributed by atoms with Gasteiger partial charge in [-0.2, -0.15) is 12.6 Å². The summed E-state index contributed by atoms with van der Waals surface area (Å²) in [7, 11) is 0. The fourth-order valence-corrected chi connectivity index (χ4v) is 2.71. The Morgan fingerprint density at radius 1 is 1.18 bits per heavy atom. The predicted octanol–water partition coefficient (Wildman–Crippen LogP) is 4.09. The van der Waals surface area contributed by atoms with Crippen LogP contribution in [0.15, 0.2) is 24.3 Å². The van der Waals surface area contributed by atoms with E-state index in [0.717, 1.165) is 11.8 Å². The molecule has 0 radical (unpaired) electrons. The molecule has 0 N–H and O–H groups in total. The van der Waals surface area contributed by atoms with Gasteiger partial charge in [-0.15, -0.1) is 0 Å². The highest BCUT2D eigenvalue weighted by Gasteiger charge is 2.20. The van der Waals surface area contributed by atoms with Crippen molar-refractivity contribution in [1.29, 1.82) is 0 Å². The molecule has 1 aliphatic rings. The van der Waals surface area contributed by atoms with Crippen LogP contribution in [0.5, 0.6) is 0 Å². The highest BCUT2D eigenvalue weighted by atomic mass is 32.1. The molecule has 2 rings (SSSR count). The number of hydrogen-bond donors (Lipinski definition) is 1. The third-order valence-electron chi connectivity index (χ3n) is 3.42. The topological polar surface area (TPSA) is 3.24 Å². The van der Waals surface area contributed by atoms with E-state index in [0.29, 0.717) is 0 Å². The van der Waals surface area contributed by atoms with Crippen LogP contribution < -0.4 is 0 Å². The second-order valence-electron chi connectivity index (χ2n) is 4.39. The zero-order chi connectivity index (χ0) is 12.7. The molecule has 0 spiro atoms. The molecule has 0 atom stereocenters. The van der Waals surface area contributed by atoms with Crippen LogP contribution in [0.25, 0.3) is 0 Å². The lowest BCUT2D eigenvalue weighted by Gasteiger charge is -2.31. The van der Waals surface area contributed by atoms with Gasteiger partial charge in [-0.25, -0.2) is 0 Å². The van der Waals surface area contributed by atoms with Crippen molar-refractivity contribution in [1.82, 2.24) is 4.90 Å². The Labute approximate surface area is 112 Å². The SMILES string of the molecule is CC.Cc1ccccc1C1CCN(CS)CC1. The standard InChI is InChI=1S/C13H19NS.C2H6/c1-11-4-2-3-5-13(11)12-6-8-14(10-15)9-7-12;1-2/h2-5,12,15H,6-10H2,1H3;1-2H3. The third kappa shape index (κ3) is 4.04. The molecule has 1 saturated heterocycles. The van der Waals surface area contributed by atoms with Crippen LogP contribution in [0.2, 0.25) is 0 Å². The van der Waals surface area contributed by atoms with E-state index in [4.69, 9.17) is 0 Å². The van der Waals surface area contributed by atoms with Crippen molar-refractivity contribution in [2.24, 2.45) is 0 Å². The van der Waals surface area contributed by atoms with Crippen molar-refractivity contribution in [3.8, 4) is 0 Å². The second-order valence-corrected chi connectivity index (χ2v) is 4.67. The fourth-order valence-electron chi connectivity index (χ4n) is 2.43. The maximum absolute atomic E-state index is 4.33. The molecule has 1 heterocycles. The third-order valence-corrected chi connectivity index (χ3v) is 3.82. The molecule has 1 fully saturated rings. The Hall–Kier alpha value is -0.470. The summed E-state index contributed by atoms with van der Waals surface area (Å²) in [6, 6.07) is 8.80. The summed E-state index contributed by atoms with van der Waals surface area (Å²) in [5.74, 6) is 1.67. The first-order valence-electron chi connectivity index (χ1n) is 6.70. The zero-order valence-corrected chi connectivity index (χ0v) is 12.2. The van der Waals surface area contributed by atoms with Crippen LogP contribution in [0.1, 0.15) is 43.7 Å². The summed E-state index contributed by atoms with van der Waals surface area (Å²) in [5.41, 5.74) is 3.00. The van der Waals surface area contributed by atoms with Gasteiger partial charge in [0, 0.05) is 5.88 Å². The van der Waals surface area contributed by atoms with E-state index < -0.39 is 0 Å². The minimum absolute atomic E-state index is 0.766. The van der Waals surface area contributed by atoms with E-state index >= 15 is 0 Å². The monoisotopic (exact) mass is 251 g/mol. The summed E-state index contributed by atoms with van der Waals surface area (Å²) in [6.07, 6.45) is 2.57. The Balaban J connectivity index is 0.000000686. The van der Waals surface area contributed by atoms with E-state index in [2.05, 4.69) is 48.7 Å². The minimum Gasteiger partial charge on any atom is -0.294 e. The van der Waals surface area contributed by atoms with Gasteiger partial charge < -0.3 is 0 Å². The average Bonchev–Trinajstić information content (AvgIpc) is 2.42. The van der Waals surface area contributed by atoms with Crippen LogP contribution >= 0.6 is 12.6 Å². The summed E-state index contributed by atoms with van der Waals surface area (Å²) >= 11 is 4.33. The van der Waals surface area contributed by atoms with Gasteiger partial charge in [0.05, 0.1) is 0 Å². The molecular formula is C15H25NS. The Bertz CT molecular complexity index is 316. The first-order valence-corrected chi connectivity index (χ1v) is 7.33. The zero-order valence-electron chi connectivity index (χ0n) is 11.3. The van der Waals surface area contributed by atoms with Gasteiger partial charge >= 0.3 is 0 Å². The lowest BCUT2D eigenvalue weighted by Crippen LogP contribution is -2.32. The van der Waals surface area contributed by atoms with Gasteiger partial charge in [0.2, 0.25) is 0 Å². The molecule has 0 bridgehead atoms. The molecule has 0 aliphatic carbocycles. The summed E-state index contributed by atoms with van der Waals surface area (Å²) < 4.78 is 0. The molecule has 0 aromatic heterocycles. The second kappa shape index (κ2) is 7.78. The predicted molar refractivity (Wildman–Crippen MR) is 79.9 cm³/mol. The number of rotatable bonds is 2.